The molecule has 0 radical (unpaired) electrons. The van der Waals surface area contributed by atoms with Crippen LogP contribution < -0.4 is 5.32 Å². The van der Waals surface area contributed by atoms with E-state index in [-0.39, 0.29) is 12.2 Å². The van der Waals surface area contributed by atoms with Crippen molar-refractivity contribution in [1.82, 2.24) is 5.32 Å². The molecule has 1 N–H and O–H groups in total. The number of imide groups is 1. The maximum Gasteiger partial charge on any atom is 0.230 e. The minimum absolute atomic E-state index is 0.0824. The lowest BCUT2D eigenvalue weighted by Gasteiger charge is -1.98. The summed E-state index contributed by atoms with van der Waals surface area (Å²) in [5.74, 6) is -0.749. The van der Waals surface area contributed by atoms with E-state index >= 15 is 0 Å². The maximum absolute atomic E-state index is 12.4. The van der Waals surface area contributed by atoms with Gasteiger partial charge >= 0.3 is 0 Å². The van der Waals surface area contributed by atoms with Crippen molar-refractivity contribution in [2.75, 3.05) is 0 Å². The molecule has 2 amide bonds. The summed E-state index contributed by atoms with van der Waals surface area (Å²) in [5, 5.41) is 2.00. The second kappa shape index (κ2) is 4.35. The normalized spacial score (nSPS) is 9.31. The molecule has 0 aliphatic rings. The lowest BCUT2D eigenvalue weighted by Crippen LogP contribution is -2.23. The van der Waals surface area contributed by atoms with Crippen LogP contribution in [0.2, 0.25) is 0 Å². The van der Waals surface area contributed by atoms with Crippen molar-refractivity contribution in [3.05, 3.63) is 35.6 Å². The SMILES string of the molecule is O=CNC(=O)Cc1ccc(F)cc1. The first-order chi connectivity index (χ1) is 6.22. The molecule has 68 valence electrons. The van der Waals surface area contributed by atoms with Crippen LogP contribution in [0.3, 0.4) is 0 Å². The Kier molecular flexibility index (Phi) is 3.14. The molecule has 1 aromatic rings. The predicted octanol–water partition coefficient (Wildman–Crippen LogP) is 0.641. The molecule has 0 saturated heterocycles. The molecule has 0 spiro atoms. The van der Waals surface area contributed by atoms with Crippen molar-refractivity contribution in [3.63, 3.8) is 0 Å². The van der Waals surface area contributed by atoms with Crippen molar-refractivity contribution >= 4 is 12.3 Å². The number of amides is 2. The Labute approximate surface area is 74.6 Å². The smallest absolute Gasteiger partial charge is 0.230 e. The van der Waals surface area contributed by atoms with E-state index in [4.69, 9.17) is 0 Å². The first-order valence-electron chi connectivity index (χ1n) is 3.70. The van der Waals surface area contributed by atoms with Gasteiger partial charge in [0.25, 0.3) is 0 Å². The summed E-state index contributed by atoms with van der Waals surface area (Å²) >= 11 is 0. The van der Waals surface area contributed by atoms with Gasteiger partial charge in [-0.15, -0.1) is 0 Å². The van der Waals surface area contributed by atoms with Crippen LogP contribution in [0, 0.1) is 5.82 Å². The highest BCUT2D eigenvalue weighted by molar-refractivity contribution is 5.87. The number of hydrogen-bond donors (Lipinski definition) is 1. The van der Waals surface area contributed by atoms with Crippen LogP contribution in [0.25, 0.3) is 0 Å². The molecule has 0 fully saturated rings. The van der Waals surface area contributed by atoms with Crippen LogP contribution in [0.4, 0.5) is 4.39 Å². The molecule has 13 heavy (non-hydrogen) atoms. The van der Waals surface area contributed by atoms with Crippen LogP contribution in [-0.4, -0.2) is 12.3 Å². The largest absolute Gasteiger partial charge is 0.299 e. The number of carbonyl (C=O) groups excluding carboxylic acids is 2. The molecule has 0 saturated carbocycles. The molecule has 0 unspecified atom stereocenters. The number of benzene rings is 1. The van der Waals surface area contributed by atoms with Gasteiger partial charge in [-0.2, -0.15) is 0 Å². The number of halogens is 1. The van der Waals surface area contributed by atoms with Crippen LogP contribution in [0.15, 0.2) is 24.3 Å². The van der Waals surface area contributed by atoms with Crippen molar-refractivity contribution in [1.29, 1.82) is 0 Å². The molecular weight excluding hydrogens is 173 g/mol. The fourth-order valence-corrected chi connectivity index (χ4v) is 0.904. The van der Waals surface area contributed by atoms with Gasteiger partial charge in [0.15, 0.2) is 0 Å². The van der Waals surface area contributed by atoms with Crippen molar-refractivity contribution in [2.45, 2.75) is 6.42 Å². The van der Waals surface area contributed by atoms with E-state index in [1.165, 1.54) is 24.3 Å². The predicted molar refractivity (Wildman–Crippen MR) is 44.3 cm³/mol. The zero-order chi connectivity index (χ0) is 9.68. The minimum Gasteiger partial charge on any atom is -0.299 e. The second-order valence-electron chi connectivity index (χ2n) is 2.49. The number of hydrogen-bond acceptors (Lipinski definition) is 2. The number of carbonyl (C=O) groups is 2. The number of rotatable bonds is 3. The van der Waals surface area contributed by atoms with Gasteiger partial charge < -0.3 is 0 Å². The fraction of sp³-hybridized carbons (Fsp3) is 0.111. The lowest BCUT2D eigenvalue weighted by molar-refractivity contribution is -0.124. The molecule has 1 rings (SSSR count). The molecule has 0 heterocycles. The highest BCUT2D eigenvalue weighted by Crippen LogP contribution is 2.02. The van der Waals surface area contributed by atoms with Gasteiger partial charge in [0.05, 0.1) is 6.42 Å². The van der Waals surface area contributed by atoms with Crippen molar-refractivity contribution in [3.8, 4) is 0 Å². The van der Waals surface area contributed by atoms with Crippen LogP contribution in [0.5, 0.6) is 0 Å². The average Bonchev–Trinajstić information content (AvgIpc) is 2.09. The van der Waals surface area contributed by atoms with Gasteiger partial charge in [0.1, 0.15) is 5.82 Å². The van der Waals surface area contributed by atoms with Crippen LogP contribution >= 0.6 is 0 Å². The van der Waals surface area contributed by atoms with E-state index in [0.29, 0.717) is 12.0 Å². The molecular formula is C9H8FNO2. The van der Waals surface area contributed by atoms with Gasteiger partial charge in [-0.25, -0.2) is 4.39 Å². The highest BCUT2D eigenvalue weighted by Gasteiger charge is 2.01. The Morgan fingerprint density at radius 3 is 2.54 bits per heavy atom. The summed E-state index contributed by atoms with van der Waals surface area (Å²) < 4.78 is 12.4. The highest BCUT2D eigenvalue weighted by atomic mass is 19.1. The molecule has 4 heteroatoms. The van der Waals surface area contributed by atoms with Crippen molar-refractivity contribution in [2.24, 2.45) is 0 Å². The first-order valence-corrected chi connectivity index (χ1v) is 3.70. The van der Waals surface area contributed by atoms with Gasteiger partial charge in [-0.1, -0.05) is 12.1 Å². The standard InChI is InChI=1S/C9H8FNO2/c10-8-3-1-7(2-4-8)5-9(13)11-6-12/h1-4,6H,5H2,(H,11,12,13). The zero-order valence-electron chi connectivity index (χ0n) is 6.79. The summed E-state index contributed by atoms with van der Waals surface area (Å²) in [6, 6.07) is 5.53. The third kappa shape index (κ3) is 3.02. The average molecular weight is 181 g/mol. The lowest BCUT2D eigenvalue weighted by atomic mass is 10.1. The fourth-order valence-electron chi connectivity index (χ4n) is 0.904. The quantitative estimate of drug-likeness (QED) is 0.695. The molecule has 3 nitrogen and oxygen atoms in total. The van der Waals surface area contributed by atoms with Gasteiger partial charge in [-0.3, -0.25) is 14.9 Å². The van der Waals surface area contributed by atoms with Crippen LogP contribution in [-0.2, 0) is 16.0 Å². The maximum atomic E-state index is 12.4. The summed E-state index contributed by atoms with van der Waals surface area (Å²) in [6.07, 6.45) is 0.408. The van der Waals surface area contributed by atoms with E-state index in [1.807, 2.05) is 5.32 Å². The van der Waals surface area contributed by atoms with E-state index < -0.39 is 5.91 Å². The Bertz CT molecular complexity index is 308. The minimum atomic E-state index is -0.401. The van der Waals surface area contributed by atoms with E-state index in [2.05, 4.69) is 0 Å². The van der Waals surface area contributed by atoms with E-state index in [1.54, 1.807) is 0 Å². The summed E-state index contributed by atoms with van der Waals surface area (Å²) in [5.41, 5.74) is 0.667. The first kappa shape index (κ1) is 9.38. The topological polar surface area (TPSA) is 46.2 Å². The second-order valence-corrected chi connectivity index (χ2v) is 2.49. The van der Waals surface area contributed by atoms with E-state index in [9.17, 15) is 14.0 Å². The molecule has 0 aromatic heterocycles. The van der Waals surface area contributed by atoms with E-state index in [0.717, 1.165) is 0 Å². The molecule has 0 atom stereocenters. The van der Waals surface area contributed by atoms with Crippen LogP contribution in [0.1, 0.15) is 5.56 Å². The third-order valence-corrected chi connectivity index (χ3v) is 1.50. The molecule has 0 bridgehead atoms. The van der Waals surface area contributed by atoms with Gasteiger partial charge in [0, 0.05) is 0 Å². The summed E-state index contributed by atoms with van der Waals surface area (Å²) in [7, 11) is 0. The monoisotopic (exact) mass is 181 g/mol. The summed E-state index contributed by atoms with van der Waals surface area (Å²) in [6.45, 7) is 0. The zero-order valence-corrected chi connectivity index (χ0v) is 6.79. The molecule has 1 aromatic carbocycles. The summed E-state index contributed by atoms with van der Waals surface area (Å²) in [4.78, 5) is 20.7. The van der Waals surface area contributed by atoms with Crippen molar-refractivity contribution < 1.29 is 14.0 Å². The Morgan fingerprint density at radius 2 is 2.00 bits per heavy atom. The Balaban J connectivity index is 2.59. The Morgan fingerprint density at radius 1 is 1.38 bits per heavy atom. The third-order valence-electron chi connectivity index (χ3n) is 1.50. The number of nitrogens with one attached hydrogen (secondary N) is 1. The molecule has 0 aliphatic carbocycles. The Hall–Kier alpha value is -1.71. The molecule has 0 aliphatic heterocycles. The van der Waals surface area contributed by atoms with Gasteiger partial charge in [0.2, 0.25) is 12.3 Å². The van der Waals surface area contributed by atoms with Gasteiger partial charge in [-0.05, 0) is 17.7 Å².